The van der Waals surface area contributed by atoms with E-state index in [4.69, 9.17) is 0 Å². The summed E-state index contributed by atoms with van der Waals surface area (Å²) in [5, 5.41) is 3.49. The molecule has 0 aliphatic carbocycles. The van der Waals surface area contributed by atoms with Gasteiger partial charge in [0, 0.05) is 52.4 Å². The predicted molar refractivity (Wildman–Crippen MR) is 101 cm³/mol. The van der Waals surface area contributed by atoms with Crippen molar-refractivity contribution in [1.29, 1.82) is 0 Å². The van der Waals surface area contributed by atoms with Gasteiger partial charge in [0.05, 0.1) is 6.54 Å². The molecule has 5 nitrogen and oxygen atoms in total. The molecule has 1 amide bonds. The van der Waals surface area contributed by atoms with Gasteiger partial charge in [-0.05, 0) is 31.2 Å². The number of nitrogens with one attached hydrogen (secondary N) is 1. The monoisotopic (exact) mass is 358 g/mol. The molecule has 3 heterocycles. The molecule has 0 aromatic rings. The van der Waals surface area contributed by atoms with Gasteiger partial charge in [0.15, 0.2) is 0 Å². The topological polar surface area (TPSA) is 38.8 Å². The number of carbonyl (C=O) groups excluding carboxylic acids is 1. The lowest BCUT2D eigenvalue weighted by atomic mass is 9.89. The second kappa shape index (κ2) is 9.37. The normalized spacial score (nSPS) is 30.0. The van der Waals surface area contributed by atoms with Crippen molar-refractivity contribution in [1.82, 2.24) is 20.0 Å². The fourth-order valence-corrected chi connectivity index (χ4v) is 4.26. The zero-order chi connectivity index (χ0) is 16.1. The van der Waals surface area contributed by atoms with E-state index >= 15 is 0 Å². The van der Waals surface area contributed by atoms with Gasteiger partial charge in [0.25, 0.3) is 0 Å². The molecule has 1 atom stereocenters. The summed E-state index contributed by atoms with van der Waals surface area (Å²) in [7, 11) is 0. The van der Waals surface area contributed by atoms with Crippen LogP contribution in [-0.2, 0) is 4.79 Å². The van der Waals surface area contributed by atoms with Crippen LogP contribution in [0.15, 0.2) is 0 Å². The van der Waals surface area contributed by atoms with Gasteiger partial charge in [-0.3, -0.25) is 9.69 Å². The number of halogens is 1. The van der Waals surface area contributed by atoms with E-state index in [9.17, 15) is 4.79 Å². The molecule has 0 spiro atoms. The molecule has 0 saturated carbocycles. The third-order valence-electron chi connectivity index (χ3n) is 5.84. The Bertz CT molecular complexity index is 384. The summed E-state index contributed by atoms with van der Waals surface area (Å²) >= 11 is 0. The fourth-order valence-electron chi connectivity index (χ4n) is 4.26. The van der Waals surface area contributed by atoms with Crippen molar-refractivity contribution in [3.8, 4) is 0 Å². The third kappa shape index (κ3) is 5.58. The quantitative estimate of drug-likeness (QED) is 0.825. The lowest BCUT2D eigenvalue weighted by molar-refractivity contribution is -0.132. The molecule has 0 aromatic carbocycles. The van der Waals surface area contributed by atoms with Gasteiger partial charge in [-0.2, -0.15) is 0 Å². The molecule has 0 aromatic heterocycles. The number of hydrogen-bond donors (Lipinski definition) is 1. The van der Waals surface area contributed by atoms with Crippen molar-refractivity contribution in [3.05, 3.63) is 0 Å². The van der Waals surface area contributed by atoms with E-state index in [1.165, 1.54) is 45.2 Å². The van der Waals surface area contributed by atoms with E-state index in [0.29, 0.717) is 17.9 Å². The van der Waals surface area contributed by atoms with Crippen LogP contribution in [-0.4, -0.2) is 86.1 Å². The van der Waals surface area contributed by atoms with E-state index in [2.05, 4.69) is 26.9 Å². The summed E-state index contributed by atoms with van der Waals surface area (Å²) in [5.74, 6) is 0.354. The second-order valence-corrected chi connectivity index (χ2v) is 8.08. The summed E-state index contributed by atoms with van der Waals surface area (Å²) in [6.45, 7) is 12.8. The van der Waals surface area contributed by atoms with Crippen molar-refractivity contribution in [3.63, 3.8) is 0 Å². The Hall–Kier alpha value is -0.360. The number of carbonyl (C=O) groups is 1. The average Bonchev–Trinajstić information content (AvgIpc) is 2.80. The fraction of sp³-hybridized carbons (Fsp3) is 0.944. The molecule has 24 heavy (non-hydrogen) atoms. The van der Waals surface area contributed by atoms with Crippen LogP contribution in [0.3, 0.4) is 0 Å². The van der Waals surface area contributed by atoms with Gasteiger partial charge >= 0.3 is 0 Å². The van der Waals surface area contributed by atoms with Crippen LogP contribution in [0.1, 0.15) is 39.0 Å². The van der Waals surface area contributed by atoms with Gasteiger partial charge < -0.3 is 15.1 Å². The van der Waals surface area contributed by atoms with Crippen molar-refractivity contribution in [2.24, 2.45) is 5.41 Å². The zero-order valence-corrected chi connectivity index (χ0v) is 16.1. The van der Waals surface area contributed by atoms with Crippen LogP contribution in [0.4, 0.5) is 0 Å². The minimum absolute atomic E-state index is 0. The standard InChI is InChI=1S/C18H34N4O.ClH/c1-18(6-7-19-15-18)16-21-12-10-20(11-13-21)14-17(23)22-8-4-2-3-5-9-22;/h19H,2-16H2,1H3;1H. The van der Waals surface area contributed by atoms with E-state index < -0.39 is 0 Å². The van der Waals surface area contributed by atoms with Crippen LogP contribution in [0.2, 0.25) is 0 Å². The van der Waals surface area contributed by atoms with E-state index in [-0.39, 0.29) is 12.4 Å². The summed E-state index contributed by atoms with van der Waals surface area (Å²) in [6, 6.07) is 0. The number of likely N-dealkylation sites (tertiary alicyclic amines) is 1. The molecule has 140 valence electrons. The summed E-state index contributed by atoms with van der Waals surface area (Å²) in [6.07, 6.45) is 6.24. The van der Waals surface area contributed by atoms with Crippen LogP contribution >= 0.6 is 12.4 Å². The highest BCUT2D eigenvalue weighted by molar-refractivity contribution is 5.85. The maximum atomic E-state index is 12.5. The highest BCUT2D eigenvalue weighted by atomic mass is 35.5. The molecule has 3 saturated heterocycles. The lowest BCUT2D eigenvalue weighted by Crippen LogP contribution is -2.52. The molecular formula is C18H35ClN4O. The Labute approximate surface area is 153 Å². The van der Waals surface area contributed by atoms with Crippen LogP contribution in [0.5, 0.6) is 0 Å². The lowest BCUT2D eigenvalue weighted by Gasteiger charge is -2.39. The summed E-state index contributed by atoms with van der Waals surface area (Å²) in [5.41, 5.74) is 0.448. The maximum absolute atomic E-state index is 12.5. The highest BCUT2D eigenvalue weighted by Gasteiger charge is 2.32. The third-order valence-corrected chi connectivity index (χ3v) is 5.84. The van der Waals surface area contributed by atoms with Crippen molar-refractivity contribution in [2.75, 3.05) is 65.4 Å². The van der Waals surface area contributed by atoms with Gasteiger partial charge in [0.2, 0.25) is 5.91 Å². The highest BCUT2D eigenvalue weighted by Crippen LogP contribution is 2.26. The molecule has 1 N–H and O–H groups in total. The van der Waals surface area contributed by atoms with Crippen molar-refractivity contribution < 1.29 is 4.79 Å². The molecule has 1 unspecified atom stereocenters. The van der Waals surface area contributed by atoms with Crippen LogP contribution < -0.4 is 5.32 Å². The van der Waals surface area contributed by atoms with Crippen molar-refractivity contribution >= 4 is 18.3 Å². The summed E-state index contributed by atoms with van der Waals surface area (Å²) < 4.78 is 0. The van der Waals surface area contributed by atoms with Gasteiger partial charge in [-0.25, -0.2) is 0 Å². The molecule has 0 radical (unpaired) electrons. The molecule has 3 aliphatic rings. The Morgan fingerprint density at radius 2 is 1.58 bits per heavy atom. The predicted octanol–water partition coefficient (Wildman–Crippen LogP) is 1.43. The Morgan fingerprint density at radius 1 is 0.958 bits per heavy atom. The maximum Gasteiger partial charge on any atom is 0.236 e. The molecule has 3 fully saturated rings. The molecular weight excluding hydrogens is 324 g/mol. The molecule has 6 heteroatoms. The number of hydrogen-bond acceptors (Lipinski definition) is 4. The smallest absolute Gasteiger partial charge is 0.236 e. The number of amides is 1. The first-order chi connectivity index (χ1) is 11.1. The minimum Gasteiger partial charge on any atom is -0.342 e. The van der Waals surface area contributed by atoms with E-state index in [0.717, 1.165) is 45.8 Å². The first-order valence-electron chi connectivity index (χ1n) is 9.58. The first-order valence-corrected chi connectivity index (χ1v) is 9.58. The molecule has 3 rings (SSSR count). The van der Waals surface area contributed by atoms with Gasteiger partial charge in [0.1, 0.15) is 0 Å². The Morgan fingerprint density at radius 3 is 2.17 bits per heavy atom. The number of piperazine rings is 1. The van der Waals surface area contributed by atoms with Gasteiger partial charge in [-0.1, -0.05) is 19.8 Å². The molecule has 0 bridgehead atoms. The SMILES string of the molecule is CC1(CN2CCN(CC(=O)N3CCCCCC3)CC2)CCNC1.Cl. The Kier molecular flexibility index (Phi) is 7.79. The minimum atomic E-state index is 0. The number of nitrogens with zero attached hydrogens (tertiary/aromatic N) is 3. The van der Waals surface area contributed by atoms with E-state index in [1.54, 1.807) is 0 Å². The second-order valence-electron chi connectivity index (χ2n) is 8.08. The van der Waals surface area contributed by atoms with Crippen LogP contribution in [0.25, 0.3) is 0 Å². The summed E-state index contributed by atoms with van der Waals surface area (Å²) in [4.78, 5) is 19.6. The largest absolute Gasteiger partial charge is 0.342 e. The Balaban J connectivity index is 0.00000208. The first kappa shape index (κ1) is 20.0. The van der Waals surface area contributed by atoms with E-state index in [1.807, 2.05) is 0 Å². The van der Waals surface area contributed by atoms with Crippen LogP contribution in [0, 0.1) is 5.41 Å². The number of rotatable bonds is 4. The van der Waals surface area contributed by atoms with Crippen molar-refractivity contribution in [2.45, 2.75) is 39.0 Å². The van der Waals surface area contributed by atoms with Gasteiger partial charge in [-0.15, -0.1) is 12.4 Å². The zero-order valence-electron chi connectivity index (χ0n) is 15.3. The molecule has 3 aliphatic heterocycles. The average molecular weight is 359 g/mol.